The lowest BCUT2D eigenvalue weighted by molar-refractivity contribution is -0.231. The number of unbranched alkanes of at least 4 members (excludes halogenated alkanes) is 2. The van der Waals surface area contributed by atoms with E-state index < -0.39 is 0 Å². The average molecular weight is 307 g/mol. The van der Waals surface area contributed by atoms with Crippen molar-refractivity contribution in [2.24, 2.45) is 17.3 Å². The molecule has 1 aliphatic heterocycles. The van der Waals surface area contributed by atoms with Crippen LogP contribution in [0.1, 0.15) is 78.1 Å². The largest absolute Gasteiger partial charge is 0.352 e. The lowest BCUT2D eigenvalue weighted by Gasteiger charge is -2.40. The molecule has 0 radical (unpaired) electrons. The summed E-state index contributed by atoms with van der Waals surface area (Å²) in [5.41, 5.74) is -0.0669. The SMILES string of the molecule is CCCCCC1COC(C2CCC(C#N)(CCC)CC2)OC1. The van der Waals surface area contributed by atoms with Crippen molar-refractivity contribution in [3.8, 4) is 6.07 Å². The summed E-state index contributed by atoms with van der Waals surface area (Å²) in [5, 5.41) is 9.49. The summed E-state index contributed by atoms with van der Waals surface area (Å²) >= 11 is 0. The van der Waals surface area contributed by atoms with Gasteiger partial charge in [0.2, 0.25) is 0 Å². The van der Waals surface area contributed by atoms with Crippen molar-refractivity contribution in [1.29, 1.82) is 5.26 Å². The summed E-state index contributed by atoms with van der Waals surface area (Å²) in [5.74, 6) is 1.08. The van der Waals surface area contributed by atoms with Crippen LogP contribution in [0.4, 0.5) is 0 Å². The summed E-state index contributed by atoms with van der Waals surface area (Å²) in [6, 6.07) is 2.60. The highest BCUT2D eigenvalue weighted by Crippen LogP contribution is 2.44. The van der Waals surface area contributed by atoms with Crippen LogP contribution in [0.5, 0.6) is 0 Å². The quantitative estimate of drug-likeness (QED) is 0.618. The van der Waals surface area contributed by atoms with E-state index in [0.29, 0.717) is 11.8 Å². The molecule has 0 spiro atoms. The van der Waals surface area contributed by atoms with Crippen LogP contribution < -0.4 is 0 Å². The highest BCUT2D eigenvalue weighted by Gasteiger charge is 2.39. The number of nitrogens with zero attached hydrogens (tertiary/aromatic N) is 1. The van der Waals surface area contributed by atoms with Crippen molar-refractivity contribution in [2.45, 2.75) is 84.3 Å². The van der Waals surface area contributed by atoms with Gasteiger partial charge >= 0.3 is 0 Å². The third kappa shape index (κ3) is 4.70. The number of hydrogen-bond donors (Lipinski definition) is 0. The molecule has 0 N–H and O–H groups in total. The first-order valence-corrected chi connectivity index (χ1v) is 9.37. The number of ether oxygens (including phenoxy) is 2. The van der Waals surface area contributed by atoms with Crippen molar-refractivity contribution in [2.75, 3.05) is 13.2 Å². The topological polar surface area (TPSA) is 42.2 Å². The van der Waals surface area contributed by atoms with Crippen molar-refractivity contribution >= 4 is 0 Å². The van der Waals surface area contributed by atoms with Gasteiger partial charge in [-0.15, -0.1) is 0 Å². The average Bonchev–Trinajstić information content (AvgIpc) is 2.57. The molecule has 0 aromatic carbocycles. The molecule has 1 aliphatic carbocycles. The Balaban J connectivity index is 1.71. The molecular weight excluding hydrogens is 274 g/mol. The third-order valence-electron chi connectivity index (χ3n) is 5.55. The van der Waals surface area contributed by atoms with Crippen LogP contribution in [0.25, 0.3) is 0 Å². The van der Waals surface area contributed by atoms with Crippen LogP contribution in [-0.4, -0.2) is 19.5 Å². The molecule has 3 nitrogen and oxygen atoms in total. The Morgan fingerprint density at radius 1 is 1.05 bits per heavy atom. The van der Waals surface area contributed by atoms with E-state index in [2.05, 4.69) is 19.9 Å². The highest BCUT2D eigenvalue weighted by molar-refractivity contribution is 5.01. The molecule has 2 fully saturated rings. The van der Waals surface area contributed by atoms with E-state index in [4.69, 9.17) is 9.47 Å². The minimum atomic E-state index is -0.0669. The summed E-state index contributed by atoms with van der Waals surface area (Å²) < 4.78 is 12.0. The maximum atomic E-state index is 9.49. The first kappa shape index (κ1) is 17.8. The molecule has 1 saturated heterocycles. The Bertz CT molecular complexity index is 347. The summed E-state index contributed by atoms with van der Waals surface area (Å²) in [7, 11) is 0. The molecule has 2 rings (SSSR count). The molecule has 2 aliphatic rings. The summed E-state index contributed by atoms with van der Waals surface area (Å²) in [6.45, 7) is 6.15. The molecule has 22 heavy (non-hydrogen) atoms. The van der Waals surface area contributed by atoms with Gasteiger partial charge in [0.25, 0.3) is 0 Å². The minimum Gasteiger partial charge on any atom is -0.352 e. The lowest BCUT2D eigenvalue weighted by atomic mass is 9.69. The predicted molar refractivity (Wildman–Crippen MR) is 88.2 cm³/mol. The molecule has 0 amide bonds. The molecule has 0 aromatic rings. The van der Waals surface area contributed by atoms with Crippen LogP contribution in [0.15, 0.2) is 0 Å². The molecule has 1 saturated carbocycles. The van der Waals surface area contributed by atoms with E-state index in [9.17, 15) is 5.26 Å². The molecule has 0 bridgehead atoms. The first-order valence-electron chi connectivity index (χ1n) is 9.37. The second-order valence-electron chi connectivity index (χ2n) is 7.38. The van der Waals surface area contributed by atoms with E-state index >= 15 is 0 Å². The van der Waals surface area contributed by atoms with Crippen molar-refractivity contribution in [1.82, 2.24) is 0 Å². The van der Waals surface area contributed by atoms with Crippen LogP contribution in [0, 0.1) is 28.6 Å². The number of hydrogen-bond acceptors (Lipinski definition) is 3. The molecular formula is C19H33NO2. The first-order chi connectivity index (χ1) is 10.7. The fourth-order valence-electron chi connectivity index (χ4n) is 4.04. The van der Waals surface area contributed by atoms with E-state index in [1.807, 2.05) is 0 Å². The zero-order chi connectivity index (χ0) is 15.8. The van der Waals surface area contributed by atoms with Gasteiger partial charge in [0.15, 0.2) is 6.29 Å². The molecule has 126 valence electrons. The van der Waals surface area contributed by atoms with Crippen LogP contribution in [0.3, 0.4) is 0 Å². The van der Waals surface area contributed by atoms with Crippen molar-refractivity contribution in [3.63, 3.8) is 0 Å². The van der Waals surface area contributed by atoms with Gasteiger partial charge in [0, 0.05) is 11.8 Å². The third-order valence-corrected chi connectivity index (χ3v) is 5.55. The standard InChI is InChI=1S/C19H33NO2/c1-3-5-6-7-16-13-21-18(22-14-16)17-8-11-19(15-20,10-4-2)12-9-17/h16-18H,3-14H2,1-2H3. The van der Waals surface area contributed by atoms with Crippen molar-refractivity contribution < 1.29 is 9.47 Å². The molecule has 0 aromatic heterocycles. The lowest BCUT2D eigenvalue weighted by Crippen LogP contribution is -2.40. The normalized spacial score (nSPS) is 36.0. The van der Waals surface area contributed by atoms with E-state index in [1.165, 1.54) is 25.7 Å². The maximum absolute atomic E-state index is 9.49. The minimum absolute atomic E-state index is 0.0132. The Morgan fingerprint density at radius 2 is 1.73 bits per heavy atom. The van der Waals surface area contributed by atoms with E-state index in [-0.39, 0.29) is 11.7 Å². The Hall–Kier alpha value is -0.590. The summed E-state index contributed by atoms with van der Waals surface area (Å²) in [6.07, 6.45) is 11.5. The van der Waals surface area contributed by atoms with Crippen LogP contribution in [-0.2, 0) is 9.47 Å². The zero-order valence-corrected chi connectivity index (χ0v) is 14.5. The fraction of sp³-hybridized carbons (Fsp3) is 0.947. The summed E-state index contributed by atoms with van der Waals surface area (Å²) in [4.78, 5) is 0. The monoisotopic (exact) mass is 307 g/mol. The van der Waals surface area contributed by atoms with Gasteiger partial charge < -0.3 is 9.47 Å². The number of rotatable bonds is 7. The van der Waals surface area contributed by atoms with Gasteiger partial charge in [-0.05, 0) is 38.5 Å². The van der Waals surface area contributed by atoms with E-state index in [1.54, 1.807) is 0 Å². The Labute approximate surface area is 136 Å². The van der Waals surface area contributed by atoms with Gasteiger partial charge in [-0.3, -0.25) is 0 Å². The van der Waals surface area contributed by atoms with Gasteiger partial charge in [-0.25, -0.2) is 0 Å². The van der Waals surface area contributed by atoms with Gasteiger partial charge in [0.05, 0.1) is 24.7 Å². The van der Waals surface area contributed by atoms with Crippen LogP contribution in [0.2, 0.25) is 0 Å². The molecule has 0 unspecified atom stereocenters. The number of nitriles is 1. The Kier molecular flexibility index (Phi) is 7.18. The smallest absolute Gasteiger partial charge is 0.160 e. The molecule has 0 atom stereocenters. The second-order valence-corrected chi connectivity index (χ2v) is 7.38. The highest BCUT2D eigenvalue weighted by atomic mass is 16.7. The molecule has 3 heteroatoms. The maximum Gasteiger partial charge on any atom is 0.160 e. The molecule has 1 heterocycles. The van der Waals surface area contributed by atoms with E-state index in [0.717, 1.165) is 51.7 Å². The van der Waals surface area contributed by atoms with Gasteiger partial charge in [-0.1, -0.05) is 39.5 Å². The van der Waals surface area contributed by atoms with Gasteiger partial charge in [0.1, 0.15) is 0 Å². The predicted octanol–water partition coefficient (Wildman–Crippen LogP) is 5.06. The Morgan fingerprint density at radius 3 is 2.27 bits per heavy atom. The van der Waals surface area contributed by atoms with Crippen molar-refractivity contribution in [3.05, 3.63) is 0 Å². The fourth-order valence-corrected chi connectivity index (χ4v) is 4.04. The van der Waals surface area contributed by atoms with Gasteiger partial charge in [-0.2, -0.15) is 5.26 Å². The van der Waals surface area contributed by atoms with Crippen LogP contribution >= 0.6 is 0 Å². The second kappa shape index (κ2) is 8.89. The zero-order valence-electron chi connectivity index (χ0n) is 14.5.